The van der Waals surface area contributed by atoms with Crippen molar-refractivity contribution >= 4 is 21.4 Å². The minimum Gasteiger partial charge on any atom is -0.310 e. The first kappa shape index (κ1) is 13.8. The Balaban J connectivity index is 2.16. The highest BCUT2D eigenvalue weighted by atomic mass is 35.5. The molecule has 5 heteroatoms. The SMILES string of the molecule is CCC1CC1NCc1c(Cl)cccc1S(C)(=O)=O. The largest absolute Gasteiger partial charge is 0.310 e. The molecule has 1 aromatic rings. The summed E-state index contributed by atoms with van der Waals surface area (Å²) in [6.45, 7) is 2.69. The van der Waals surface area contributed by atoms with Gasteiger partial charge in [0.15, 0.2) is 9.84 Å². The van der Waals surface area contributed by atoms with Gasteiger partial charge >= 0.3 is 0 Å². The van der Waals surface area contributed by atoms with Crippen LogP contribution in [0.4, 0.5) is 0 Å². The maximum absolute atomic E-state index is 11.7. The van der Waals surface area contributed by atoms with Gasteiger partial charge in [-0.1, -0.05) is 31.0 Å². The van der Waals surface area contributed by atoms with E-state index in [-0.39, 0.29) is 0 Å². The van der Waals surface area contributed by atoms with Gasteiger partial charge in [-0.2, -0.15) is 0 Å². The fourth-order valence-electron chi connectivity index (χ4n) is 2.24. The summed E-state index contributed by atoms with van der Waals surface area (Å²) < 4.78 is 23.4. The summed E-state index contributed by atoms with van der Waals surface area (Å²) in [5.41, 5.74) is 0.684. The van der Waals surface area contributed by atoms with E-state index in [2.05, 4.69) is 12.2 Å². The zero-order valence-electron chi connectivity index (χ0n) is 10.6. The van der Waals surface area contributed by atoms with Gasteiger partial charge in [-0.15, -0.1) is 0 Å². The molecule has 2 rings (SSSR count). The third kappa shape index (κ3) is 3.05. The van der Waals surface area contributed by atoms with Crippen molar-refractivity contribution in [2.45, 2.75) is 37.2 Å². The summed E-state index contributed by atoms with van der Waals surface area (Å²) >= 11 is 6.11. The molecule has 18 heavy (non-hydrogen) atoms. The van der Waals surface area contributed by atoms with Crippen molar-refractivity contribution in [1.82, 2.24) is 5.32 Å². The number of benzene rings is 1. The fraction of sp³-hybridized carbons (Fsp3) is 0.538. The number of halogens is 1. The summed E-state index contributed by atoms with van der Waals surface area (Å²) in [5, 5.41) is 3.89. The van der Waals surface area contributed by atoms with Crippen LogP contribution in [0.15, 0.2) is 23.1 Å². The molecule has 1 aliphatic carbocycles. The molecule has 3 nitrogen and oxygen atoms in total. The highest BCUT2D eigenvalue weighted by molar-refractivity contribution is 7.90. The van der Waals surface area contributed by atoms with Crippen LogP contribution in [0.1, 0.15) is 25.3 Å². The van der Waals surface area contributed by atoms with Gasteiger partial charge in [0.1, 0.15) is 0 Å². The Bertz CT molecular complexity index is 542. The van der Waals surface area contributed by atoms with E-state index >= 15 is 0 Å². The van der Waals surface area contributed by atoms with Crippen molar-refractivity contribution in [3.63, 3.8) is 0 Å². The van der Waals surface area contributed by atoms with Gasteiger partial charge in [-0.05, 0) is 24.5 Å². The van der Waals surface area contributed by atoms with Crippen LogP contribution in [0.25, 0.3) is 0 Å². The number of rotatable bonds is 5. The average Bonchev–Trinajstić information content (AvgIpc) is 3.04. The Morgan fingerprint density at radius 2 is 2.17 bits per heavy atom. The van der Waals surface area contributed by atoms with E-state index in [9.17, 15) is 8.42 Å². The zero-order chi connectivity index (χ0) is 13.3. The molecule has 2 atom stereocenters. The number of nitrogens with one attached hydrogen (secondary N) is 1. The lowest BCUT2D eigenvalue weighted by Gasteiger charge is -2.11. The molecule has 0 bridgehead atoms. The van der Waals surface area contributed by atoms with Crippen LogP contribution in [0, 0.1) is 5.92 Å². The molecule has 0 aromatic heterocycles. The minimum atomic E-state index is -3.23. The van der Waals surface area contributed by atoms with Crippen LogP contribution in [-0.2, 0) is 16.4 Å². The van der Waals surface area contributed by atoms with Gasteiger partial charge in [0.05, 0.1) is 4.90 Å². The molecule has 0 saturated heterocycles. The standard InChI is InChI=1S/C13H18ClNO2S/c1-3-9-7-12(9)15-8-10-11(14)5-4-6-13(10)18(2,16)17/h4-6,9,12,15H,3,7-8H2,1-2H3. The van der Waals surface area contributed by atoms with Gasteiger partial charge in [0.25, 0.3) is 0 Å². The van der Waals surface area contributed by atoms with Crippen LogP contribution >= 0.6 is 11.6 Å². The van der Waals surface area contributed by atoms with Gasteiger partial charge in [-0.25, -0.2) is 8.42 Å². The van der Waals surface area contributed by atoms with Crippen molar-refractivity contribution in [1.29, 1.82) is 0 Å². The molecule has 1 N–H and O–H groups in total. The van der Waals surface area contributed by atoms with Gasteiger partial charge in [-0.3, -0.25) is 0 Å². The normalized spacial score (nSPS) is 23.1. The van der Waals surface area contributed by atoms with Crippen LogP contribution in [0.3, 0.4) is 0 Å². The van der Waals surface area contributed by atoms with Crippen molar-refractivity contribution in [2.24, 2.45) is 5.92 Å². The van der Waals surface area contributed by atoms with E-state index in [0.29, 0.717) is 28.1 Å². The fourth-order valence-corrected chi connectivity index (χ4v) is 3.49. The van der Waals surface area contributed by atoms with Gasteiger partial charge < -0.3 is 5.32 Å². The van der Waals surface area contributed by atoms with Crippen LogP contribution in [0.2, 0.25) is 5.02 Å². The molecule has 0 amide bonds. The topological polar surface area (TPSA) is 46.2 Å². The Kier molecular flexibility index (Phi) is 3.99. The van der Waals surface area contributed by atoms with E-state index in [1.807, 2.05) is 0 Å². The van der Waals surface area contributed by atoms with Crippen molar-refractivity contribution in [2.75, 3.05) is 6.26 Å². The Morgan fingerprint density at radius 1 is 1.44 bits per heavy atom. The van der Waals surface area contributed by atoms with Crippen LogP contribution < -0.4 is 5.32 Å². The highest BCUT2D eigenvalue weighted by Gasteiger charge is 2.34. The summed E-state index contributed by atoms with van der Waals surface area (Å²) in [5.74, 6) is 0.731. The molecule has 1 aromatic carbocycles. The molecule has 100 valence electrons. The molecule has 0 radical (unpaired) electrons. The first-order chi connectivity index (χ1) is 8.43. The van der Waals surface area contributed by atoms with Crippen molar-refractivity contribution in [3.8, 4) is 0 Å². The predicted molar refractivity (Wildman–Crippen MR) is 73.6 cm³/mol. The molecule has 1 aliphatic rings. The quantitative estimate of drug-likeness (QED) is 0.905. The molecule has 2 unspecified atom stereocenters. The molecule has 0 heterocycles. The second-order valence-electron chi connectivity index (χ2n) is 4.88. The number of hydrogen-bond acceptors (Lipinski definition) is 3. The second-order valence-corrected chi connectivity index (χ2v) is 7.27. The maximum Gasteiger partial charge on any atom is 0.175 e. The van der Waals surface area contributed by atoms with E-state index in [0.717, 1.165) is 5.92 Å². The van der Waals surface area contributed by atoms with Gasteiger partial charge in [0, 0.05) is 29.4 Å². The zero-order valence-corrected chi connectivity index (χ0v) is 12.2. The number of hydrogen-bond donors (Lipinski definition) is 1. The van der Waals surface area contributed by atoms with Crippen LogP contribution in [0.5, 0.6) is 0 Å². The second kappa shape index (κ2) is 5.19. The predicted octanol–water partition coefficient (Wildman–Crippen LogP) is 2.63. The first-order valence-corrected chi connectivity index (χ1v) is 8.41. The molecule has 1 fully saturated rings. The molecule has 0 spiro atoms. The summed E-state index contributed by atoms with van der Waals surface area (Å²) in [4.78, 5) is 0.330. The summed E-state index contributed by atoms with van der Waals surface area (Å²) in [6, 6.07) is 5.53. The molecular weight excluding hydrogens is 270 g/mol. The van der Waals surface area contributed by atoms with Crippen LogP contribution in [-0.4, -0.2) is 20.7 Å². The van der Waals surface area contributed by atoms with Crippen molar-refractivity contribution < 1.29 is 8.42 Å². The molecule has 0 aliphatic heterocycles. The summed E-state index contributed by atoms with van der Waals surface area (Å²) in [7, 11) is -3.23. The third-order valence-electron chi connectivity index (χ3n) is 3.46. The monoisotopic (exact) mass is 287 g/mol. The minimum absolute atomic E-state index is 0.330. The first-order valence-electron chi connectivity index (χ1n) is 6.14. The lowest BCUT2D eigenvalue weighted by atomic mass is 10.2. The van der Waals surface area contributed by atoms with E-state index in [1.165, 1.54) is 19.1 Å². The highest BCUT2D eigenvalue weighted by Crippen LogP contribution is 2.34. The lowest BCUT2D eigenvalue weighted by molar-refractivity contribution is 0.594. The lowest BCUT2D eigenvalue weighted by Crippen LogP contribution is -2.19. The van der Waals surface area contributed by atoms with Crippen molar-refractivity contribution in [3.05, 3.63) is 28.8 Å². The Morgan fingerprint density at radius 3 is 2.72 bits per heavy atom. The maximum atomic E-state index is 11.7. The van der Waals surface area contributed by atoms with E-state index in [1.54, 1.807) is 18.2 Å². The van der Waals surface area contributed by atoms with E-state index in [4.69, 9.17) is 11.6 Å². The third-order valence-corrected chi connectivity index (χ3v) is 5.00. The smallest absolute Gasteiger partial charge is 0.175 e. The molecular formula is C13H18ClNO2S. The Hall–Kier alpha value is -0.580. The average molecular weight is 288 g/mol. The number of sulfone groups is 1. The Labute approximate surface area is 113 Å². The van der Waals surface area contributed by atoms with E-state index < -0.39 is 9.84 Å². The summed E-state index contributed by atoms with van der Waals surface area (Å²) in [6.07, 6.45) is 3.56. The van der Waals surface area contributed by atoms with Gasteiger partial charge in [0.2, 0.25) is 0 Å². The molecule has 1 saturated carbocycles.